The van der Waals surface area contributed by atoms with Crippen molar-refractivity contribution in [2.45, 2.75) is 25.3 Å². The minimum atomic E-state index is 0.640. The van der Waals surface area contributed by atoms with E-state index in [0.717, 1.165) is 25.7 Å². The number of rotatable bonds is 6. The van der Waals surface area contributed by atoms with Crippen molar-refractivity contribution in [1.82, 2.24) is 5.32 Å². The number of nitrogens with one attached hydrogen (secondary N) is 1. The van der Waals surface area contributed by atoms with Gasteiger partial charge in [0.25, 0.3) is 0 Å². The quantitative estimate of drug-likeness (QED) is 0.658. The molecule has 2 rings (SSSR count). The normalized spacial score (nSPS) is 28.2. The molecule has 1 N–H and O–H groups in total. The second-order valence-corrected chi connectivity index (χ2v) is 5.18. The van der Waals surface area contributed by atoms with Gasteiger partial charge in [0.05, 0.1) is 6.61 Å². The summed E-state index contributed by atoms with van der Waals surface area (Å²) in [4.78, 5) is 0. The van der Waals surface area contributed by atoms with Crippen molar-refractivity contribution in [3.05, 3.63) is 0 Å². The fourth-order valence-corrected chi connectivity index (χ4v) is 2.66. The van der Waals surface area contributed by atoms with Gasteiger partial charge in [-0.1, -0.05) is 0 Å². The highest BCUT2D eigenvalue weighted by molar-refractivity contribution is 7.99. The Morgan fingerprint density at radius 1 is 1.31 bits per heavy atom. The molecule has 0 aromatic rings. The molecule has 2 fully saturated rings. The van der Waals surface area contributed by atoms with E-state index >= 15 is 0 Å². The Bertz CT molecular complexity index is 144. The Hall–Kier alpha value is 0.270. The van der Waals surface area contributed by atoms with Gasteiger partial charge in [-0.25, -0.2) is 0 Å². The maximum atomic E-state index is 5.29. The van der Waals surface area contributed by atoms with Crippen LogP contribution in [0.15, 0.2) is 0 Å². The Morgan fingerprint density at radius 3 is 2.92 bits per heavy atom. The number of hydrogen-bond donors (Lipinski definition) is 1. The van der Waals surface area contributed by atoms with Crippen LogP contribution in [0.25, 0.3) is 0 Å². The molecule has 2 nitrogen and oxygen atoms in total. The summed E-state index contributed by atoms with van der Waals surface area (Å²) < 4.78 is 5.29. The predicted molar refractivity (Wildman–Crippen MR) is 57.3 cm³/mol. The first-order valence-corrected chi connectivity index (χ1v) is 6.49. The van der Waals surface area contributed by atoms with Gasteiger partial charge < -0.3 is 10.1 Å². The summed E-state index contributed by atoms with van der Waals surface area (Å²) >= 11 is 2.10. The second-order valence-electron chi connectivity index (χ2n) is 4.03. The molecule has 0 spiro atoms. The van der Waals surface area contributed by atoms with Crippen molar-refractivity contribution in [2.75, 3.05) is 31.3 Å². The molecule has 1 unspecified atom stereocenters. The standard InChI is InChI=1S/C10H19NOS/c1-2-9(1)8-13-6-4-11-10-3-5-12-7-10/h9-11H,1-8H2. The minimum Gasteiger partial charge on any atom is -0.380 e. The largest absolute Gasteiger partial charge is 0.380 e. The van der Waals surface area contributed by atoms with Crippen molar-refractivity contribution in [2.24, 2.45) is 5.92 Å². The molecular weight excluding hydrogens is 182 g/mol. The van der Waals surface area contributed by atoms with E-state index in [2.05, 4.69) is 17.1 Å². The lowest BCUT2D eigenvalue weighted by molar-refractivity contribution is 0.190. The second kappa shape index (κ2) is 5.23. The van der Waals surface area contributed by atoms with E-state index in [1.807, 2.05) is 0 Å². The lowest BCUT2D eigenvalue weighted by Crippen LogP contribution is -2.31. The van der Waals surface area contributed by atoms with Crippen molar-refractivity contribution in [3.63, 3.8) is 0 Å². The molecule has 1 atom stereocenters. The topological polar surface area (TPSA) is 21.3 Å². The molecule has 0 aromatic heterocycles. The first-order chi connectivity index (χ1) is 6.45. The Balaban J connectivity index is 1.39. The lowest BCUT2D eigenvalue weighted by atomic mass is 10.3. The lowest BCUT2D eigenvalue weighted by Gasteiger charge is -2.09. The molecular formula is C10H19NOS. The van der Waals surface area contributed by atoms with Gasteiger partial charge in [-0.15, -0.1) is 0 Å². The van der Waals surface area contributed by atoms with Crippen LogP contribution in [0.2, 0.25) is 0 Å². The summed E-state index contributed by atoms with van der Waals surface area (Å²) in [7, 11) is 0. The van der Waals surface area contributed by atoms with E-state index in [0.29, 0.717) is 6.04 Å². The number of thioether (sulfide) groups is 1. The van der Waals surface area contributed by atoms with Crippen LogP contribution in [-0.2, 0) is 4.74 Å². The van der Waals surface area contributed by atoms with Crippen molar-refractivity contribution >= 4 is 11.8 Å². The first-order valence-electron chi connectivity index (χ1n) is 5.34. The highest BCUT2D eigenvalue weighted by atomic mass is 32.2. The molecule has 1 aliphatic carbocycles. The van der Waals surface area contributed by atoms with E-state index in [1.165, 1.54) is 30.8 Å². The van der Waals surface area contributed by atoms with E-state index < -0.39 is 0 Å². The van der Waals surface area contributed by atoms with Gasteiger partial charge in [0.15, 0.2) is 0 Å². The van der Waals surface area contributed by atoms with E-state index in [1.54, 1.807) is 0 Å². The molecule has 3 heteroatoms. The molecule has 13 heavy (non-hydrogen) atoms. The van der Waals surface area contributed by atoms with Gasteiger partial charge in [0, 0.05) is 24.9 Å². The highest BCUT2D eigenvalue weighted by Crippen LogP contribution is 2.32. The Kier molecular flexibility index (Phi) is 3.94. The van der Waals surface area contributed by atoms with Crippen LogP contribution in [0.5, 0.6) is 0 Å². The monoisotopic (exact) mass is 201 g/mol. The summed E-state index contributed by atoms with van der Waals surface area (Å²) in [5.41, 5.74) is 0. The van der Waals surface area contributed by atoms with E-state index in [9.17, 15) is 0 Å². The van der Waals surface area contributed by atoms with Crippen LogP contribution >= 0.6 is 11.8 Å². The predicted octanol–water partition coefficient (Wildman–Crippen LogP) is 1.51. The maximum Gasteiger partial charge on any atom is 0.0620 e. The SMILES string of the molecule is C(CSCC1CC1)NC1CCOC1. The zero-order valence-electron chi connectivity index (χ0n) is 8.13. The van der Waals surface area contributed by atoms with Crippen LogP contribution < -0.4 is 5.32 Å². The van der Waals surface area contributed by atoms with Crippen LogP contribution in [0, 0.1) is 5.92 Å². The zero-order valence-corrected chi connectivity index (χ0v) is 8.94. The van der Waals surface area contributed by atoms with Crippen molar-refractivity contribution in [1.29, 1.82) is 0 Å². The fraction of sp³-hybridized carbons (Fsp3) is 1.00. The molecule has 1 heterocycles. The summed E-state index contributed by atoms with van der Waals surface area (Å²) in [6, 6.07) is 0.640. The molecule has 0 radical (unpaired) electrons. The van der Waals surface area contributed by atoms with Crippen LogP contribution in [0.1, 0.15) is 19.3 Å². The average molecular weight is 201 g/mol. The molecule has 0 amide bonds. The van der Waals surface area contributed by atoms with Gasteiger partial charge >= 0.3 is 0 Å². The summed E-state index contributed by atoms with van der Waals surface area (Å²) in [6.07, 6.45) is 4.17. The molecule has 1 saturated carbocycles. The van der Waals surface area contributed by atoms with Crippen LogP contribution in [0.3, 0.4) is 0 Å². The summed E-state index contributed by atoms with van der Waals surface area (Å²) in [6.45, 7) is 3.03. The smallest absolute Gasteiger partial charge is 0.0620 e. The molecule has 76 valence electrons. The number of ether oxygens (including phenoxy) is 1. The summed E-state index contributed by atoms with van der Waals surface area (Å²) in [5, 5.41) is 3.53. The molecule has 2 aliphatic rings. The third-order valence-electron chi connectivity index (χ3n) is 2.66. The minimum absolute atomic E-state index is 0.640. The summed E-state index contributed by atoms with van der Waals surface area (Å²) in [5.74, 6) is 3.73. The van der Waals surface area contributed by atoms with Gasteiger partial charge in [0.1, 0.15) is 0 Å². The van der Waals surface area contributed by atoms with Crippen LogP contribution in [-0.4, -0.2) is 37.3 Å². The van der Waals surface area contributed by atoms with Gasteiger partial charge in [-0.05, 0) is 30.9 Å². The van der Waals surface area contributed by atoms with E-state index in [-0.39, 0.29) is 0 Å². The average Bonchev–Trinajstić information content (AvgIpc) is 2.81. The Morgan fingerprint density at radius 2 is 2.23 bits per heavy atom. The van der Waals surface area contributed by atoms with Crippen molar-refractivity contribution in [3.8, 4) is 0 Å². The highest BCUT2D eigenvalue weighted by Gasteiger charge is 2.20. The molecule has 1 aliphatic heterocycles. The molecule has 0 bridgehead atoms. The molecule has 1 saturated heterocycles. The van der Waals surface area contributed by atoms with Gasteiger partial charge in [0.2, 0.25) is 0 Å². The third-order valence-corrected chi connectivity index (χ3v) is 3.86. The van der Waals surface area contributed by atoms with Crippen LogP contribution in [0.4, 0.5) is 0 Å². The zero-order chi connectivity index (χ0) is 8.93. The maximum absolute atomic E-state index is 5.29. The molecule has 0 aromatic carbocycles. The van der Waals surface area contributed by atoms with Crippen molar-refractivity contribution < 1.29 is 4.74 Å². The van der Waals surface area contributed by atoms with E-state index in [4.69, 9.17) is 4.74 Å². The van der Waals surface area contributed by atoms with Gasteiger partial charge in [-0.2, -0.15) is 11.8 Å². The number of hydrogen-bond acceptors (Lipinski definition) is 3. The fourth-order valence-electron chi connectivity index (χ4n) is 1.57. The Labute approximate surface area is 84.8 Å². The van der Waals surface area contributed by atoms with Gasteiger partial charge in [-0.3, -0.25) is 0 Å². The first kappa shape index (κ1) is 9.81. The third kappa shape index (κ3) is 3.88.